The van der Waals surface area contributed by atoms with Crippen molar-refractivity contribution >= 4 is 17.5 Å². The van der Waals surface area contributed by atoms with E-state index in [4.69, 9.17) is 0 Å². The quantitative estimate of drug-likeness (QED) is 0.847. The van der Waals surface area contributed by atoms with Crippen molar-refractivity contribution in [3.8, 4) is 0 Å². The maximum absolute atomic E-state index is 12.2. The molecule has 2 N–H and O–H groups in total. The molecule has 5 nitrogen and oxygen atoms in total. The summed E-state index contributed by atoms with van der Waals surface area (Å²) < 4.78 is 0. The summed E-state index contributed by atoms with van der Waals surface area (Å²) in [5.74, 6) is 0.00716. The third-order valence-corrected chi connectivity index (χ3v) is 4.03. The fourth-order valence-corrected chi connectivity index (χ4v) is 2.42. The van der Waals surface area contributed by atoms with Crippen LogP contribution in [0.15, 0.2) is 24.3 Å². The Labute approximate surface area is 132 Å². The van der Waals surface area contributed by atoms with Crippen LogP contribution >= 0.6 is 0 Å². The third-order valence-electron chi connectivity index (χ3n) is 4.03. The Morgan fingerprint density at radius 2 is 1.82 bits per heavy atom. The summed E-state index contributed by atoms with van der Waals surface area (Å²) in [5, 5.41) is 5.98. The zero-order valence-electron chi connectivity index (χ0n) is 13.4. The number of anilines is 1. The van der Waals surface area contributed by atoms with Gasteiger partial charge in [-0.3, -0.25) is 9.59 Å². The Kier molecular flexibility index (Phi) is 5.95. The van der Waals surface area contributed by atoms with Crippen LogP contribution in [-0.2, 0) is 4.79 Å². The molecule has 0 spiro atoms. The van der Waals surface area contributed by atoms with Crippen LogP contribution in [-0.4, -0.2) is 42.4 Å². The van der Waals surface area contributed by atoms with E-state index in [1.807, 2.05) is 11.8 Å². The summed E-state index contributed by atoms with van der Waals surface area (Å²) in [6.45, 7) is 6.11. The van der Waals surface area contributed by atoms with Gasteiger partial charge in [-0.2, -0.15) is 0 Å². The lowest BCUT2D eigenvalue weighted by Crippen LogP contribution is -2.34. The highest BCUT2D eigenvalue weighted by molar-refractivity contribution is 5.96. The molecule has 2 rings (SSSR count). The lowest BCUT2D eigenvalue weighted by atomic mass is 10.2. The average molecular weight is 303 g/mol. The minimum Gasteiger partial charge on any atom is -0.339 e. The van der Waals surface area contributed by atoms with Crippen LogP contribution in [0.4, 0.5) is 5.69 Å². The fourth-order valence-electron chi connectivity index (χ4n) is 2.42. The first-order chi connectivity index (χ1) is 10.6. The molecule has 22 heavy (non-hydrogen) atoms. The van der Waals surface area contributed by atoms with Gasteiger partial charge in [0.05, 0.1) is 6.54 Å². The Balaban J connectivity index is 1.86. The van der Waals surface area contributed by atoms with E-state index in [9.17, 15) is 9.59 Å². The molecule has 1 aromatic carbocycles. The van der Waals surface area contributed by atoms with Crippen molar-refractivity contribution in [1.29, 1.82) is 0 Å². The molecule has 1 unspecified atom stereocenters. The second kappa shape index (κ2) is 7.94. The summed E-state index contributed by atoms with van der Waals surface area (Å²) in [6, 6.07) is 7.44. The number of nitrogens with zero attached hydrogens (tertiary/aromatic N) is 1. The summed E-state index contributed by atoms with van der Waals surface area (Å²) in [5.41, 5.74) is 1.39. The number of likely N-dealkylation sites (tertiary alicyclic amines) is 1. The molecule has 1 heterocycles. The van der Waals surface area contributed by atoms with E-state index >= 15 is 0 Å². The van der Waals surface area contributed by atoms with Gasteiger partial charge in [-0.25, -0.2) is 0 Å². The molecule has 5 heteroatoms. The minimum absolute atomic E-state index is 0.0704. The van der Waals surface area contributed by atoms with Crippen LogP contribution in [0.3, 0.4) is 0 Å². The van der Waals surface area contributed by atoms with Gasteiger partial charge in [-0.1, -0.05) is 6.92 Å². The van der Waals surface area contributed by atoms with Gasteiger partial charge in [0.1, 0.15) is 0 Å². The molecule has 0 aliphatic carbocycles. The summed E-state index contributed by atoms with van der Waals surface area (Å²) >= 11 is 0. The van der Waals surface area contributed by atoms with Crippen molar-refractivity contribution in [3.05, 3.63) is 29.8 Å². The number of carbonyl (C=O) groups is 2. The van der Waals surface area contributed by atoms with Crippen LogP contribution < -0.4 is 10.6 Å². The van der Waals surface area contributed by atoms with E-state index in [1.165, 1.54) is 0 Å². The van der Waals surface area contributed by atoms with E-state index < -0.39 is 0 Å². The monoisotopic (exact) mass is 303 g/mol. The Bertz CT molecular complexity index is 507. The highest BCUT2D eigenvalue weighted by atomic mass is 16.2. The first-order valence-electron chi connectivity index (χ1n) is 8.02. The topological polar surface area (TPSA) is 61.4 Å². The summed E-state index contributed by atoms with van der Waals surface area (Å²) in [7, 11) is 0. The van der Waals surface area contributed by atoms with Crippen LogP contribution in [0, 0.1) is 0 Å². The van der Waals surface area contributed by atoms with Crippen LogP contribution in [0.1, 0.15) is 43.5 Å². The molecule has 0 radical (unpaired) electrons. The van der Waals surface area contributed by atoms with Crippen LogP contribution in [0.5, 0.6) is 0 Å². The number of carbonyl (C=O) groups excluding carboxylic acids is 2. The van der Waals surface area contributed by atoms with Gasteiger partial charge < -0.3 is 15.5 Å². The van der Waals surface area contributed by atoms with Crippen molar-refractivity contribution < 1.29 is 9.59 Å². The maximum Gasteiger partial charge on any atom is 0.253 e. The zero-order valence-corrected chi connectivity index (χ0v) is 13.4. The minimum atomic E-state index is -0.0704. The van der Waals surface area contributed by atoms with Crippen molar-refractivity contribution in [2.45, 2.75) is 39.2 Å². The highest BCUT2D eigenvalue weighted by Crippen LogP contribution is 2.15. The molecule has 0 bridgehead atoms. The Morgan fingerprint density at radius 3 is 2.41 bits per heavy atom. The lowest BCUT2D eigenvalue weighted by molar-refractivity contribution is -0.115. The number of hydrogen-bond donors (Lipinski definition) is 2. The summed E-state index contributed by atoms with van der Waals surface area (Å²) in [6.07, 6.45) is 3.16. The number of hydrogen-bond acceptors (Lipinski definition) is 3. The number of benzene rings is 1. The smallest absolute Gasteiger partial charge is 0.253 e. The number of amides is 2. The van der Waals surface area contributed by atoms with E-state index in [0.717, 1.165) is 32.4 Å². The second-order valence-corrected chi connectivity index (χ2v) is 5.82. The molecular formula is C17H25N3O2. The van der Waals surface area contributed by atoms with Crippen LogP contribution in [0.25, 0.3) is 0 Å². The van der Waals surface area contributed by atoms with Crippen molar-refractivity contribution in [2.24, 2.45) is 0 Å². The van der Waals surface area contributed by atoms with Crippen LogP contribution in [0.2, 0.25) is 0 Å². The lowest BCUT2D eigenvalue weighted by Gasteiger charge is -2.15. The van der Waals surface area contributed by atoms with Gasteiger partial charge in [0.15, 0.2) is 0 Å². The molecule has 1 fully saturated rings. The highest BCUT2D eigenvalue weighted by Gasteiger charge is 2.19. The molecule has 120 valence electrons. The first-order valence-corrected chi connectivity index (χ1v) is 8.02. The largest absolute Gasteiger partial charge is 0.339 e. The van der Waals surface area contributed by atoms with Crippen molar-refractivity contribution in [3.63, 3.8) is 0 Å². The molecule has 1 aliphatic heterocycles. The average Bonchev–Trinajstić information content (AvgIpc) is 3.07. The molecule has 1 aliphatic rings. The van der Waals surface area contributed by atoms with E-state index in [0.29, 0.717) is 23.8 Å². The van der Waals surface area contributed by atoms with Gasteiger partial charge in [0, 0.05) is 30.4 Å². The van der Waals surface area contributed by atoms with E-state index in [2.05, 4.69) is 17.6 Å². The van der Waals surface area contributed by atoms with Gasteiger partial charge in [-0.15, -0.1) is 0 Å². The van der Waals surface area contributed by atoms with Gasteiger partial charge >= 0.3 is 0 Å². The normalized spacial score (nSPS) is 15.6. The molecule has 0 saturated carbocycles. The SMILES string of the molecule is CCC(C)NCC(=O)Nc1ccc(C(=O)N2CCCC2)cc1. The number of nitrogens with one attached hydrogen (secondary N) is 2. The van der Waals surface area contributed by atoms with Gasteiger partial charge in [-0.05, 0) is 50.5 Å². The number of rotatable bonds is 6. The molecule has 1 saturated heterocycles. The first kappa shape index (κ1) is 16.5. The molecule has 2 amide bonds. The van der Waals surface area contributed by atoms with Crippen molar-refractivity contribution in [2.75, 3.05) is 25.0 Å². The van der Waals surface area contributed by atoms with Gasteiger partial charge in [0.2, 0.25) is 5.91 Å². The molecule has 0 aromatic heterocycles. The molecular weight excluding hydrogens is 278 g/mol. The summed E-state index contributed by atoms with van der Waals surface area (Å²) in [4.78, 5) is 25.9. The Morgan fingerprint density at radius 1 is 1.18 bits per heavy atom. The third kappa shape index (κ3) is 4.56. The molecule has 1 atom stereocenters. The van der Waals surface area contributed by atoms with E-state index in [1.54, 1.807) is 24.3 Å². The predicted octanol–water partition coefficient (Wildman–Crippen LogP) is 2.25. The van der Waals surface area contributed by atoms with Crippen molar-refractivity contribution in [1.82, 2.24) is 10.2 Å². The maximum atomic E-state index is 12.2. The standard InChI is InChI=1S/C17H25N3O2/c1-3-13(2)18-12-16(21)19-15-8-6-14(7-9-15)17(22)20-10-4-5-11-20/h6-9,13,18H,3-5,10-12H2,1-2H3,(H,19,21). The molecule has 1 aromatic rings. The van der Waals surface area contributed by atoms with E-state index in [-0.39, 0.29) is 11.8 Å². The second-order valence-electron chi connectivity index (χ2n) is 5.82. The van der Waals surface area contributed by atoms with Gasteiger partial charge in [0.25, 0.3) is 5.91 Å². The Hall–Kier alpha value is -1.88. The predicted molar refractivity (Wildman–Crippen MR) is 88.0 cm³/mol. The fraction of sp³-hybridized carbons (Fsp3) is 0.529. The zero-order chi connectivity index (χ0) is 15.9.